The van der Waals surface area contributed by atoms with Crippen molar-refractivity contribution < 1.29 is 22.4 Å². The minimum absolute atomic E-state index is 0. The van der Waals surface area contributed by atoms with Gasteiger partial charge in [-0.05, 0) is 19.9 Å². The van der Waals surface area contributed by atoms with Crippen molar-refractivity contribution in [3.05, 3.63) is 0 Å². The molecule has 1 heterocycles. The Bertz CT molecular complexity index is 257. The Hall–Kier alpha value is -0.560. The van der Waals surface area contributed by atoms with E-state index < -0.39 is 18.3 Å². The average Bonchev–Trinajstić information content (AvgIpc) is 2.28. The predicted molar refractivity (Wildman–Crippen MR) is 56.9 cm³/mol. The predicted octanol–water partition coefficient (Wildman–Crippen LogP) is 1.52. The van der Waals surface area contributed by atoms with Gasteiger partial charge in [-0.15, -0.1) is 12.4 Å². The van der Waals surface area contributed by atoms with Crippen LogP contribution >= 0.6 is 12.4 Å². The van der Waals surface area contributed by atoms with Crippen molar-refractivity contribution in [3.63, 3.8) is 0 Å². The van der Waals surface area contributed by atoms with Crippen LogP contribution in [-0.4, -0.2) is 49.3 Å². The molecule has 0 aliphatic carbocycles. The van der Waals surface area contributed by atoms with E-state index in [0.717, 1.165) is 4.90 Å². The Balaban J connectivity index is 0.00000256. The number of piperidine rings is 1. The molecule has 1 saturated heterocycles. The molecule has 0 unspecified atom stereocenters. The van der Waals surface area contributed by atoms with Gasteiger partial charge < -0.3 is 10.2 Å². The maximum atomic E-state index is 12.7. The number of alkyl halides is 4. The largest absolute Gasteiger partial charge is 0.383 e. The van der Waals surface area contributed by atoms with Crippen molar-refractivity contribution in [2.45, 2.75) is 31.2 Å². The van der Waals surface area contributed by atoms with Gasteiger partial charge in [-0.1, -0.05) is 0 Å². The molecule has 0 saturated carbocycles. The summed E-state index contributed by atoms with van der Waals surface area (Å²) in [6.07, 6.45) is -2.94. The fraction of sp³-hybridized carbons (Fsp3) is 0.889. The zero-order chi connectivity index (χ0) is 12.3. The number of nitrogens with zero attached hydrogens (tertiary/aromatic N) is 1. The summed E-state index contributed by atoms with van der Waals surface area (Å²) >= 11 is 0. The lowest BCUT2D eigenvalue weighted by molar-refractivity contribution is -0.181. The lowest BCUT2D eigenvalue weighted by Gasteiger charge is -2.33. The maximum absolute atomic E-state index is 12.7. The Morgan fingerprint density at radius 2 is 1.82 bits per heavy atom. The first-order valence-electron chi connectivity index (χ1n) is 5.02. The number of hydrogen-bond donors (Lipinski definition) is 1. The quantitative estimate of drug-likeness (QED) is 0.794. The fourth-order valence-electron chi connectivity index (χ4n) is 1.68. The highest BCUT2D eigenvalue weighted by atomic mass is 35.5. The number of nitrogens with one attached hydrogen (secondary N) is 1. The zero-order valence-electron chi connectivity index (χ0n) is 9.26. The second-order valence-electron chi connectivity index (χ2n) is 3.78. The van der Waals surface area contributed by atoms with Gasteiger partial charge in [-0.3, -0.25) is 4.79 Å². The summed E-state index contributed by atoms with van der Waals surface area (Å²) < 4.78 is 49.4. The van der Waals surface area contributed by atoms with Crippen molar-refractivity contribution in [1.82, 2.24) is 10.2 Å². The van der Waals surface area contributed by atoms with Crippen LogP contribution in [0.25, 0.3) is 0 Å². The molecule has 1 aliphatic rings. The molecule has 0 bridgehead atoms. The lowest BCUT2D eigenvalue weighted by atomic mass is 10.0. The maximum Gasteiger partial charge on any atom is 0.383 e. The Morgan fingerprint density at radius 3 is 2.18 bits per heavy atom. The molecule has 0 atom stereocenters. The Kier molecular flexibility index (Phi) is 6.18. The SMILES string of the molecule is CNC1CCN(C(=O)C(F)(F)C(F)F)CC1.Cl. The average molecular weight is 279 g/mol. The molecule has 1 aliphatic heterocycles. The topological polar surface area (TPSA) is 32.3 Å². The molecule has 17 heavy (non-hydrogen) atoms. The second-order valence-corrected chi connectivity index (χ2v) is 3.78. The Labute approximate surface area is 103 Å². The summed E-state index contributed by atoms with van der Waals surface area (Å²) in [4.78, 5) is 11.9. The molecule has 1 amide bonds. The van der Waals surface area contributed by atoms with E-state index in [4.69, 9.17) is 0 Å². The van der Waals surface area contributed by atoms with Gasteiger partial charge in [0.15, 0.2) is 0 Å². The summed E-state index contributed by atoms with van der Waals surface area (Å²) in [5, 5.41) is 2.95. The molecule has 0 aromatic heterocycles. The van der Waals surface area contributed by atoms with Crippen LogP contribution in [-0.2, 0) is 4.79 Å². The van der Waals surface area contributed by atoms with Gasteiger partial charge in [0.25, 0.3) is 5.91 Å². The number of halogens is 5. The van der Waals surface area contributed by atoms with E-state index in [2.05, 4.69) is 5.32 Å². The van der Waals surface area contributed by atoms with E-state index in [9.17, 15) is 22.4 Å². The number of likely N-dealkylation sites (tertiary alicyclic amines) is 1. The fourth-order valence-corrected chi connectivity index (χ4v) is 1.68. The molecule has 1 fully saturated rings. The number of carbonyl (C=O) groups is 1. The standard InChI is InChI=1S/C9H14F4N2O.ClH/c1-14-6-2-4-15(5-3-6)8(16)9(12,13)7(10)11;/h6-7,14H,2-5H2,1H3;1H. The number of amides is 1. The van der Waals surface area contributed by atoms with Crippen LogP contribution in [0.4, 0.5) is 17.6 Å². The normalized spacial score (nSPS) is 18.1. The monoisotopic (exact) mass is 278 g/mol. The van der Waals surface area contributed by atoms with Crippen molar-refractivity contribution >= 4 is 18.3 Å². The highest BCUT2D eigenvalue weighted by Crippen LogP contribution is 2.26. The van der Waals surface area contributed by atoms with E-state index in [1.165, 1.54) is 0 Å². The molecule has 102 valence electrons. The van der Waals surface area contributed by atoms with Crippen LogP contribution in [0.3, 0.4) is 0 Å². The molecule has 0 radical (unpaired) electrons. The molecular formula is C9H15ClF4N2O. The minimum Gasteiger partial charge on any atom is -0.337 e. The van der Waals surface area contributed by atoms with Gasteiger partial charge in [0, 0.05) is 19.1 Å². The molecule has 3 nitrogen and oxygen atoms in total. The van der Waals surface area contributed by atoms with E-state index in [1.54, 1.807) is 7.05 Å². The van der Waals surface area contributed by atoms with Crippen LogP contribution in [0.15, 0.2) is 0 Å². The highest BCUT2D eigenvalue weighted by molar-refractivity contribution is 5.85. The third-order valence-electron chi connectivity index (χ3n) is 2.75. The summed E-state index contributed by atoms with van der Waals surface area (Å²) in [6.45, 7) is 0.180. The minimum atomic E-state index is -4.56. The molecule has 8 heteroatoms. The summed E-state index contributed by atoms with van der Waals surface area (Å²) in [7, 11) is 1.73. The van der Waals surface area contributed by atoms with Crippen molar-refractivity contribution in [3.8, 4) is 0 Å². The summed E-state index contributed by atoms with van der Waals surface area (Å²) in [5.74, 6) is -6.33. The second kappa shape index (κ2) is 6.39. The van der Waals surface area contributed by atoms with Crippen molar-refractivity contribution in [1.29, 1.82) is 0 Å². The van der Waals surface area contributed by atoms with Gasteiger partial charge >= 0.3 is 12.3 Å². The van der Waals surface area contributed by atoms with Crippen LogP contribution < -0.4 is 5.32 Å². The third kappa shape index (κ3) is 3.70. The van der Waals surface area contributed by atoms with Crippen LogP contribution in [0.5, 0.6) is 0 Å². The van der Waals surface area contributed by atoms with E-state index in [1.807, 2.05) is 0 Å². The lowest BCUT2D eigenvalue weighted by Crippen LogP contribution is -2.52. The number of carbonyl (C=O) groups excluding carboxylic acids is 1. The Morgan fingerprint density at radius 1 is 1.35 bits per heavy atom. The van der Waals surface area contributed by atoms with Gasteiger partial charge in [0.05, 0.1) is 0 Å². The highest BCUT2D eigenvalue weighted by Gasteiger charge is 2.51. The van der Waals surface area contributed by atoms with Crippen LogP contribution in [0, 0.1) is 0 Å². The first-order chi connectivity index (χ1) is 7.39. The van der Waals surface area contributed by atoms with Crippen molar-refractivity contribution in [2.24, 2.45) is 0 Å². The molecule has 0 spiro atoms. The third-order valence-corrected chi connectivity index (χ3v) is 2.75. The van der Waals surface area contributed by atoms with Gasteiger partial charge in [0.2, 0.25) is 0 Å². The number of hydrogen-bond acceptors (Lipinski definition) is 2. The molecule has 1 rings (SSSR count). The van der Waals surface area contributed by atoms with E-state index in [0.29, 0.717) is 12.8 Å². The van der Waals surface area contributed by atoms with Crippen LogP contribution in [0.2, 0.25) is 0 Å². The molecule has 1 N–H and O–H groups in total. The van der Waals surface area contributed by atoms with Gasteiger partial charge in [-0.25, -0.2) is 8.78 Å². The van der Waals surface area contributed by atoms with Crippen molar-refractivity contribution in [2.75, 3.05) is 20.1 Å². The van der Waals surface area contributed by atoms with Crippen LogP contribution in [0.1, 0.15) is 12.8 Å². The zero-order valence-corrected chi connectivity index (χ0v) is 10.1. The molecular weight excluding hydrogens is 264 g/mol. The summed E-state index contributed by atoms with van der Waals surface area (Å²) in [6, 6.07) is 0.157. The first-order valence-corrected chi connectivity index (χ1v) is 5.02. The number of rotatable bonds is 3. The smallest absolute Gasteiger partial charge is 0.337 e. The first kappa shape index (κ1) is 16.4. The van der Waals surface area contributed by atoms with Gasteiger partial charge in [-0.2, -0.15) is 8.78 Å². The van der Waals surface area contributed by atoms with E-state index >= 15 is 0 Å². The van der Waals surface area contributed by atoms with E-state index in [-0.39, 0.29) is 31.5 Å². The summed E-state index contributed by atoms with van der Waals surface area (Å²) in [5.41, 5.74) is 0. The molecule has 0 aromatic carbocycles. The molecule has 0 aromatic rings. The van der Waals surface area contributed by atoms with Gasteiger partial charge in [0.1, 0.15) is 0 Å².